The quantitative estimate of drug-likeness (QED) is 0.315. The third-order valence-corrected chi connectivity index (χ3v) is 8.12. The van der Waals surface area contributed by atoms with Crippen LogP contribution < -0.4 is 14.8 Å². The molecule has 0 radical (unpaired) electrons. The van der Waals surface area contributed by atoms with Crippen LogP contribution >= 0.6 is 0 Å². The molecule has 3 aromatic carbocycles. The lowest BCUT2D eigenvalue weighted by Gasteiger charge is -2.42. The number of amides is 1. The predicted molar refractivity (Wildman–Crippen MR) is 139 cm³/mol. The fraction of sp³-hybridized carbons (Fsp3) is 0.321. The Bertz CT molecular complexity index is 1540. The Kier molecular flexibility index (Phi) is 8.37. The molecule has 0 aliphatic carbocycles. The second-order valence-corrected chi connectivity index (χ2v) is 11.9. The zero-order valence-electron chi connectivity index (χ0n) is 22.2. The number of aliphatic hydroxyl groups excluding tert-OH is 1. The summed E-state index contributed by atoms with van der Waals surface area (Å²) < 4.78 is 115. The van der Waals surface area contributed by atoms with Gasteiger partial charge in [-0.2, -0.15) is 26.3 Å². The Labute approximate surface area is 237 Å². The number of hydrogen-bond acceptors (Lipinski definition) is 5. The molecule has 1 amide bonds. The van der Waals surface area contributed by atoms with Crippen molar-refractivity contribution in [3.63, 3.8) is 0 Å². The van der Waals surface area contributed by atoms with Crippen molar-refractivity contribution in [1.82, 2.24) is 10.0 Å². The van der Waals surface area contributed by atoms with Gasteiger partial charge in [-0.25, -0.2) is 13.1 Å². The molecule has 0 fully saturated rings. The van der Waals surface area contributed by atoms with Crippen LogP contribution in [0, 0.1) is 0 Å². The maximum Gasteiger partial charge on any atom is 0.416 e. The van der Waals surface area contributed by atoms with Crippen molar-refractivity contribution < 1.29 is 49.4 Å². The molecule has 42 heavy (non-hydrogen) atoms. The zero-order valence-corrected chi connectivity index (χ0v) is 23.0. The smallest absolute Gasteiger partial charge is 0.416 e. The van der Waals surface area contributed by atoms with Gasteiger partial charge in [0.25, 0.3) is 5.91 Å². The van der Waals surface area contributed by atoms with Gasteiger partial charge in [0.15, 0.2) is 0 Å². The number of benzene rings is 3. The molecule has 3 aromatic rings. The molecule has 1 aliphatic rings. The summed E-state index contributed by atoms with van der Waals surface area (Å²) in [5.41, 5.74) is -4.09. The monoisotopic (exact) mass is 616 g/mol. The van der Waals surface area contributed by atoms with Gasteiger partial charge in [0, 0.05) is 17.7 Å². The number of carbonyl (C=O) groups is 1. The second kappa shape index (κ2) is 11.2. The summed E-state index contributed by atoms with van der Waals surface area (Å²) in [6.07, 6.45) is -11.7. The highest BCUT2D eigenvalue weighted by molar-refractivity contribution is 7.89. The van der Waals surface area contributed by atoms with E-state index in [4.69, 9.17) is 4.74 Å². The molecule has 1 aliphatic heterocycles. The second-order valence-electron chi connectivity index (χ2n) is 10.2. The predicted octanol–water partition coefficient (Wildman–Crippen LogP) is 5.25. The Balaban J connectivity index is 1.67. The Morgan fingerprint density at radius 1 is 0.929 bits per heavy atom. The van der Waals surface area contributed by atoms with Crippen molar-refractivity contribution in [3.05, 3.63) is 94.5 Å². The van der Waals surface area contributed by atoms with Crippen molar-refractivity contribution in [2.24, 2.45) is 0 Å². The molecule has 2 unspecified atom stereocenters. The number of alkyl halides is 6. The summed E-state index contributed by atoms with van der Waals surface area (Å²) in [7, 11) is -5.10. The number of hydrogen-bond donors (Lipinski definition) is 3. The Morgan fingerprint density at radius 2 is 1.52 bits per heavy atom. The van der Waals surface area contributed by atoms with Gasteiger partial charge in [-0.1, -0.05) is 30.3 Å². The maximum absolute atomic E-state index is 13.4. The molecular formula is C28H26F6N2O5S. The maximum atomic E-state index is 13.4. The Morgan fingerprint density at radius 3 is 2.10 bits per heavy atom. The molecule has 14 heteroatoms. The van der Waals surface area contributed by atoms with Crippen molar-refractivity contribution >= 4 is 15.9 Å². The molecule has 0 saturated heterocycles. The third kappa shape index (κ3) is 6.88. The van der Waals surface area contributed by atoms with Crippen LogP contribution in [-0.2, 0) is 28.8 Å². The number of aliphatic hydroxyl groups is 1. The average Bonchev–Trinajstić information content (AvgIpc) is 2.90. The van der Waals surface area contributed by atoms with E-state index < -0.39 is 62.1 Å². The summed E-state index contributed by atoms with van der Waals surface area (Å²) in [6, 6.07) is 11.7. The molecule has 2 atom stereocenters. The van der Waals surface area contributed by atoms with Crippen LogP contribution in [0.2, 0.25) is 0 Å². The first-order valence-corrected chi connectivity index (χ1v) is 14.0. The van der Waals surface area contributed by atoms with Crippen LogP contribution in [0.1, 0.15) is 52.5 Å². The van der Waals surface area contributed by atoms with E-state index in [0.29, 0.717) is 6.42 Å². The molecule has 0 aromatic heterocycles. The van der Waals surface area contributed by atoms with E-state index >= 15 is 0 Å². The standard InChI is InChI=1S/C28H26F6N2O5S/c1-26(2)24(37)23(36-42(39,40)20-14-18(27(29,30)31)13-19(15-20)28(32,33)34)21-12-17(8-9-22(21)41-26)25(38)35-11-10-16-6-4-3-5-7-16/h3-9,12-15,23-24,36-37H,10-11H2,1-2H3,(H,35,38). The molecule has 4 rings (SSSR count). The molecule has 3 N–H and O–H groups in total. The number of nitrogens with one attached hydrogen (secondary N) is 2. The molecule has 7 nitrogen and oxygen atoms in total. The number of ether oxygens (including phenoxy) is 1. The highest BCUT2D eigenvalue weighted by Crippen LogP contribution is 2.42. The van der Waals surface area contributed by atoms with Crippen LogP contribution in [0.5, 0.6) is 5.75 Å². The van der Waals surface area contributed by atoms with E-state index in [0.717, 1.165) is 5.56 Å². The van der Waals surface area contributed by atoms with Gasteiger partial charge in [-0.3, -0.25) is 4.79 Å². The van der Waals surface area contributed by atoms with Crippen molar-refractivity contribution in [2.75, 3.05) is 6.54 Å². The molecule has 0 spiro atoms. The van der Waals surface area contributed by atoms with Crippen LogP contribution in [0.25, 0.3) is 0 Å². The molecule has 1 heterocycles. The van der Waals surface area contributed by atoms with Gasteiger partial charge in [0.2, 0.25) is 10.0 Å². The first-order chi connectivity index (χ1) is 19.4. The lowest BCUT2D eigenvalue weighted by molar-refractivity contribution is -0.143. The van der Waals surface area contributed by atoms with Crippen LogP contribution in [0.3, 0.4) is 0 Å². The van der Waals surface area contributed by atoms with Gasteiger partial charge in [-0.15, -0.1) is 0 Å². The minimum Gasteiger partial charge on any atom is -0.485 e. The highest BCUT2D eigenvalue weighted by atomic mass is 32.2. The van der Waals surface area contributed by atoms with E-state index in [1.165, 1.54) is 32.0 Å². The number of rotatable bonds is 7. The van der Waals surface area contributed by atoms with Gasteiger partial charge in [0.05, 0.1) is 22.1 Å². The van der Waals surface area contributed by atoms with Gasteiger partial charge < -0.3 is 15.2 Å². The molecule has 226 valence electrons. The minimum atomic E-state index is -5.28. The first kappa shape index (κ1) is 31.3. The average molecular weight is 617 g/mol. The van der Waals surface area contributed by atoms with E-state index in [1.54, 1.807) is 0 Å². The summed E-state index contributed by atoms with van der Waals surface area (Å²) in [5.74, 6) is -0.485. The van der Waals surface area contributed by atoms with Crippen molar-refractivity contribution in [3.8, 4) is 5.75 Å². The molecule has 0 bridgehead atoms. The largest absolute Gasteiger partial charge is 0.485 e. The Hall–Kier alpha value is -3.62. The normalized spacial score (nSPS) is 18.6. The third-order valence-electron chi connectivity index (χ3n) is 6.70. The SMILES string of the molecule is CC1(C)Oc2ccc(C(=O)NCCc3ccccc3)cc2C(NS(=O)(=O)c2cc(C(F)(F)F)cc(C(F)(F)F)c2)C1O. The molecule has 0 saturated carbocycles. The first-order valence-electron chi connectivity index (χ1n) is 12.5. The number of carbonyl (C=O) groups excluding carboxylic acids is 1. The van der Waals surface area contributed by atoms with Crippen molar-refractivity contribution in [1.29, 1.82) is 0 Å². The fourth-order valence-corrected chi connectivity index (χ4v) is 5.74. The number of halogens is 6. The van der Waals surface area contributed by atoms with E-state index in [9.17, 15) is 44.7 Å². The summed E-state index contributed by atoms with van der Waals surface area (Å²) in [6.45, 7) is 3.09. The lowest BCUT2D eigenvalue weighted by atomic mass is 9.86. The summed E-state index contributed by atoms with van der Waals surface area (Å²) in [5, 5.41) is 13.7. The lowest BCUT2D eigenvalue weighted by Crippen LogP contribution is -2.53. The summed E-state index contributed by atoms with van der Waals surface area (Å²) in [4.78, 5) is 11.5. The van der Waals surface area contributed by atoms with Gasteiger partial charge in [-0.05, 0) is 62.2 Å². The molecular weight excluding hydrogens is 590 g/mol. The van der Waals surface area contributed by atoms with Crippen LogP contribution in [0.4, 0.5) is 26.3 Å². The topological polar surface area (TPSA) is 105 Å². The summed E-state index contributed by atoms with van der Waals surface area (Å²) >= 11 is 0. The highest BCUT2D eigenvalue weighted by Gasteiger charge is 2.45. The van der Waals surface area contributed by atoms with Gasteiger partial charge >= 0.3 is 12.4 Å². The van der Waals surface area contributed by atoms with Crippen molar-refractivity contribution in [2.45, 2.75) is 55.3 Å². The number of fused-ring (bicyclic) bond motifs is 1. The van der Waals surface area contributed by atoms with Crippen LogP contribution in [0.15, 0.2) is 71.6 Å². The van der Waals surface area contributed by atoms with Gasteiger partial charge in [0.1, 0.15) is 17.5 Å². The zero-order chi connectivity index (χ0) is 31.1. The number of sulfonamides is 1. The van der Waals surface area contributed by atoms with E-state index in [2.05, 4.69) is 5.32 Å². The minimum absolute atomic E-state index is 0.0378. The van der Waals surface area contributed by atoms with E-state index in [1.807, 2.05) is 35.1 Å². The van der Waals surface area contributed by atoms with Crippen LogP contribution in [-0.4, -0.2) is 37.7 Å². The van der Waals surface area contributed by atoms with E-state index in [-0.39, 0.29) is 41.6 Å². The fourth-order valence-electron chi connectivity index (χ4n) is 4.45.